The van der Waals surface area contributed by atoms with Gasteiger partial charge in [0, 0.05) is 51.1 Å². The number of piperazine rings is 1. The van der Waals surface area contributed by atoms with E-state index in [2.05, 4.69) is 0 Å². The van der Waals surface area contributed by atoms with Gasteiger partial charge in [0.1, 0.15) is 5.75 Å². The number of benzene rings is 1. The molecule has 2 aliphatic heterocycles. The number of amides is 3. The molecule has 0 radical (unpaired) electrons. The first-order valence-corrected chi connectivity index (χ1v) is 11.3. The first kappa shape index (κ1) is 23.4. The zero-order valence-corrected chi connectivity index (χ0v) is 19.4. The summed E-state index contributed by atoms with van der Waals surface area (Å²) >= 11 is 6.06. The number of likely N-dealkylation sites (tertiary alicyclic amines) is 1. The van der Waals surface area contributed by atoms with Gasteiger partial charge in [0.05, 0.1) is 17.5 Å². The van der Waals surface area contributed by atoms with Crippen LogP contribution in [-0.4, -0.2) is 77.3 Å². The predicted octanol–water partition coefficient (Wildman–Crippen LogP) is 2.82. The van der Waals surface area contributed by atoms with Crippen molar-refractivity contribution in [3.63, 3.8) is 0 Å². The van der Waals surface area contributed by atoms with E-state index in [1.165, 1.54) is 0 Å². The second-order valence-electron chi connectivity index (χ2n) is 9.16. The van der Waals surface area contributed by atoms with Gasteiger partial charge in [0.15, 0.2) is 0 Å². The van der Waals surface area contributed by atoms with Crippen molar-refractivity contribution < 1.29 is 19.1 Å². The van der Waals surface area contributed by atoms with E-state index in [0.29, 0.717) is 62.9 Å². The van der Waals surface area contributed by atoms with Crippen molar-refractivity contribution in [3.8, 4) is 5.75 Å². The Morgan fingerprint density at radius 3 is 2.35 bits per heavy atom. The van der Waals surface area contributed by atoms with Crippen LogP contribution in [0.15, 0.2) is 24.3 Å². The fraction of sp³-hybridized carbons (Fsp3) is 0.609. The highest BCUT2D eigenvalue weighted by Gasteiger charge is 2.41. The second-order valence-corrected chi connectivity index (χ2v) is 9.57. The van der Waals surface area contributed by atoms with Gasteiger partial charge in [-0.25, -0.2) is 0 Å². The molecular weight excluding hydrogens is 418 g/mol. The molecule has 2 aliphatic rings. The molecule has 31 heavy (non-hydrogen) atoms. The Morgan fingerprint density at radius 2 is 1.74 bits per heavy atom. The summed E-state index contributed by atoms with van der Waals surface area (Å²) < 4.78 is 5.63. The van der Waals surface area contributed by atoms with Gasteiger partial charge in [0.2, 0.25) is 17.7 Å². The van der Waals surface area contributed by atoms with Crippen LogP contribution in [0.1, 0.15) is 40.0 Å². The Labute approximate surface area is 189 Å². The Bertz CT molecular complexity index is 815. The molecule has 3 rings (SSSR count). The quantitative estimate of drug-likeness (QED) is 0.626. The molecule has 3 amide bonds. The summed E-state index contributed by atoms with van der Waals surface area (Å²) in [7, 11) is 0. The summed E-state index contributed by atoms with van der Waals surface area (Å²) in [5.41, 5.74) is -0.271. The molecule has 0 spiro atoms. The molecule has 1 atom stereocenters. The van der Waals surface area contributed by atoms with Gasteiger partial charge in [-0.05, 0) is 39.3 Å². The van der Waals surface area contributed by atoms with Crippen LogP contribution in [0.5, 0.6) is 5.75 Å². The van der Waals surface area contributed by atoms with Gasteiger partial charge in [-0.3, -0.25) is 14.4 Å². The average molecular weight is 450 g/mol. The Balaban J connectivity index is 1.39. The lowest BCUT2D eigenvalue weighted by Crippen LogP contribution is -2.52. The number of nitrogens with zero attached hydrogens (tertiary/aromatic N) is 3. The number of para-hydroxylation sites is 1. The minimum atomic E-state index is -0.282. The molecule has 7 nitrogen and oxygen atoms in total. The third kappa shape index (κ3) is 5.91. The summed E-state index contributed by atoms with van der Waals surface area (Å²) in [6.07, 6.45) is 1.28. The van der Waals surface area contributed by atoms with Gasteiger partial charge in [0.25, 0.3) is 0 Å². The van der Waals surface area contributed by atoms with Gasteiger partial charge < -0.3 is 19.4 Å². The number of hydrogen-bond donors (Lipinski definition) is 0. The highest BCUT2D eigenvalue weighted by atomic mass is 35.5. The van der Waals surface area contributed by atoms with E-state index in [1.54, 1.807) is 26.8 Å². The van der Waals surface area contributed by atoms with E-state index in [1.807, 2.05) is 32.9 Å². The number of ether oxygens (including phenoxy) is 1. The third-order valence-corrected chi connectivity index (χ3v) is 6.17. The van der Waals surface area contributed by atoms with Crippen molar-refractivity contribution in [2.24, 2.45) is 5.92 Å². The number of carbonyl (C=O) groups is 3. The van der Waals surface area contributed by atoms with Crippen LogP contribution in [0.25, 0.3) is 0 Å². The van der Waals surface area contributed by atoms with Gasteiger partial charge in [-0.1, -0.05) is 23.7 Å². The van der Waals surface area contributed by atoms with Crippen molar-refractivity contribution in [2.75, 3.05) is 39.3 Å². The number of halogens is 1. The SMILES string of the molecule is CC(C)(C)N1CC(C(=O)N2CCN(C(=O)CCCOc3ccccc3Cl)CC2)CC1=O. The average Bonchev–Trinajstić information content (AvgIpc) is 3.14. The molecule has 0 aromatic heterocycles. The zero-order valence-electron chi connectivity index (χ0n) is 18.6. The summed E-state index contributed by atoms with van der Waals surface area (Å²) in [4.78, 5) is 43.1. The predicted molar refractivity (Wildman–Crippen MR) is 119 cm³/mol. The van der Waals surface area contributed by atoms with Crippen LogP contribution >= 0.6 is 11.6 Å². The lowest BCUT2D eigenvalue weighted by molar-refractivity contribution is -0.142. The molecule has 1 unspecified atom stereocenters. The minimum Gasteiger partial charge on any atom is -0.492 e. The molecular formula is C23H32ClN3O4. The van der Waals surface area contributed by atoms with Crippen LogP contribution < -0.4 is 4.74 Å². The van der Waals surface area contributed by atoms with E-state index in [4.69, 9.17) is 16.3 Å². The highest BCUT2D eigenvalue weighted by molar-refractivity contribution is 6.32. The number of hydrogen-bond acceptors (Lipinski definition) is 4. The summed E-state index contributed by atoms with van der Waals surface area (Å²) in [6.45, 7) is 8.95. The maximum atomic E-state index is 12.9. The monoisotopic (exact) mass is 449 g/mol. The van der Waals surface area contributed by atoms with Gasteiger partial charge in [-0.15, -0.1) is 0 Å². The second kappa shape index (κ2) is 9.90. The summed E-state index contributed by atoms with van der Waals surface area (Å²) in [6, 6.07) is 7.27. The van der Waals surface area contributed by atoms with Crippen molar-refractivity contribution in [1.82, 2.24) is 14.7 Å². The number of rotatable bonds is 6. The molecule has 0 saturated carbocycles. The molecule has 8 heteroatoms. The maximum absolute atomic E-state index is 12.9. The minimum absolute atomic E-state index is 0.0281. The fourth-order valence-corrected chi connectivity index (χ4v) is 4.27. The van der Waals surface area contributed by atoms with E-state index in [-0.39, 0.29) is 35.6 Å². The summed E-state index contributed by atoms with van der Waals surface area (Å²) in [5, 5.41) is 0.559. The molecule has 170 valence electrons. The maximum Gasteiger partial charge on any atom is 0.228 e. The standard InChI is InChI=1S/C23H32ClN3O4/c1-23(2,3)27-16-17(15-21(27)29)22(30)26-12-10-25(11-13-26)20(28)9-6-14-31-19-8-5-4-7-18(19)24/h4-5,7-8,17H,6,9-16H2,1-3H3. The largest absolute Gasteiger partial charge is 0.492 e. The van der Waals surface area contributed by atoms with Crippen molar-refractivity contribution in [3.05, 3.63) is 29.3 Å². The molecule has 2 fully saturated rings. The topological polar surface area (TPSA) is 70.2 Å². The molecule has 0 aliphatic carbocycles. The third-order valence-electron chi connectivity index (χ3n) is 5.86. The smallest absolute Gasteiger partial charge is 0.228 e. The van der Waals surface area contributed by atoms with E-state index >= 15 is 0 Å². The van der Waals surface area contributed by atoms with Crippen LogP contribution in [-0.2, 0) is 14.4 Å². The van der Waals surface area contributed by atoms with Crippen molar-refractivity contribution >= 4 is 29.3 Å². The Morgan fingerprint density at radius 1 is 1.10 bits per heavy atom. The molecule has 0 bridgehead atoms. The Kier molecular flexibility index (Phi) is 7.46. The van der Waals surface area contributed by atoms with Crippen LogP contribution in [0, 0.1) is 5.92 Å². The highest BCUT2D eigenvalue weighted by Crippen LogP contribution is 2.27. The molecule has 2 saturated heterocycles. The molecule has 0 N–H and O–H groups in total. The molecule has 1 aromatic carbocycles. The Hall–Kier alpha value is -2.28. The van der Waals surface area contributed by atoms with Crippen molar-refractivity contribution in [2.45, 2.75) is 45.6 Å². The van der Waals surface area contributed by atoms with Gasteiger partial charge >= 0.3 is 0 Å². The normalized spacial score (nSPS) is 19.7. The van der Waals surface area contributed by atoms with Gasteiger partial charge in [-0.2, -0.15) is 0 Å². The van der Waals surface area contributed by atoms with Crippen LogP contribution in [0.2, 0.25) is 5.02 Å². The molecule has 1 aromatic rings. The van der Waals surface area contributed by atoms with Crippen LogP contribution in [0.4, 0.5) is 0 Å². The van der Waals surface area contributed by atoms with E-state index in [0.717, 1.165) is 0 Å². The van der Waals surface area contributed by atoms with E-state index < -0.39 is 0 Å². The first-order chi connectivity index (χ1) is 14.7. The number of carbonyl (C=O) groups excluding carboxylic acids is 3. The summed E-state index contributed by atoms with van der Waals surface area (Å²) in [5.74, 6) is 0.485. The lowest BCUT2D eigenvalue weighted by Gasteiger charge is -2.36. The lowest BCUT2D eigenvalue weighted by atomic mass is 10.1. The van der Waals surface area contributed by atoms with Crippen LogP contribution in [0.3, 0.4) is 0 Å². The molecule has 2 heterocycles. The first-order valence-electron chi connectivity index (χ1n) is 10.9. The fourth-order valence-electron chi connectivity index (χ4n) is 4.08. The van der Waals surface area contributed by atoms with Crippen molar-refractivity contribution in [1.29, 1.82) is 0 Å². The zero-order chi connectivity index (χ0) is 22.6. The van der Waals surface area contributed by atoms with E-state index in [9.17, 15) is 14.4 Å².